The average Bonchev–Trinajstić information content (AvgIpc) is 2.23. The fourth-order valence-corrected chi connectivity index (χ4v) is 2.25. The van der Waals surface area contributed by atoms with Crippen molar-refractivity contribution in [1.82, 2.24) is 4.98 Å². The van der Waals surface area contributed by atoms with Crippen LogP contribution in [0.2, 0.25) is 0 Å². The average molecular weight is 264 g/mol. The van der Waals surface area contributed by atoms with Crippen molar-refractivity contribution < 1.29 is 4.79 Å². The van der Waals surface area contributed by atoms with E-state index >= 15 is 0 Å². The van der Waals surface area contributed by atoms with Gasteiger partial charge in [-0.05, 0) is 31.5 Å². The van der Waals surface area contributed by atoms with Crippen molar-refractivity contribution in [3.05, 3.63) is 40.0 Å². The zero-order valence-electron chi connectivity index (χ0n) is 8.54. The molecule has 0 atom stereocenters. The molecule has 0 aliphatic rings. The van der Waals surface area contributed by atoms with E-state index < -0.39 is 0 Å². The lowest BCUT2D eigenvalue weighted by Crippen LogP contribution is -1.98. The largest absolute Gasteiger partial charge is 0.294 e. The first-order valence-electron chi connectivity index (χ1n) is 4.66. The van der Waals surface area contributed by atoms with Gasteiger partial charge in [0.25, 0.3) is 0 Å². The van der Waals surface area contributed by atoms with Crippen LogP contribution in [0.25, 0.3) is 10.9 Å². The molecule has 3 heteroatoms. The molecule has 0 fully saturated rings. The highest BCUT2D eigenvalue weighted by molar-refractivity contribution is 9.10. The van der Waals surface area contributed by atoms with Crippen LogP contribution >= 0.6 is 15.9 Å². The van der Waals surface area contributed by atoms with Gasteiger partial charge >= 0.3 is 0 Å². The molecule has 1 aromatic heterocycles. The third-order valence-corrected chi connectivity index (χ3v) is 3.13. The summed E-state index contributed by atoms with van der Waals surface area (Å²) in [5.41, 5.74) is 2.56. The Balaban J connectivity index is 2.90. The van der Waals surface area contributed by atoms with Gasteiger partial charge in [-0.25, -0.2) is 0 Å². The van der Waals surface area contributed by atoms with Gasteiger partial charge in [0.1, 0.15) is 0 Å². The third-order valence-electron chi connectivity index (χ3n) is 2.47. The summed E-state index contributed by atoms with van der Waals surface area (Å²) < 4.78 is 0.918. The highest BCUT2D eigenvalue weighted by Crippen LogP contribution is 2.28. The predicted molar refractivity (Wildman–Crippen MR) is 64.2 cm³/mol. The molecule has 0 aliphatic heterocycles. The molecule has 0 unspecified atom stereocenters. The first-order valence-corrected chi connectivity index (χ1v) is 5.45. The Labute approximate surface area is 96.5 Å². The zero-order chi connectivity index (χ0) is 11.0. The lowest BCUT2D eigenvalue weighted by molar-refractivity contribution is 0.101. The quantitative estimate of drug-likeness (QED) is 0.738. The maximum absolute atomic E-state index is 11.4. The minimum atomic E-state index is 0.0701. The fourth-order valence-electron chi connectivity index (χ4n) is 1.70. The van der Waals surface area contributed by atoms with Crippen LogP contribution < -0.4 is 0 Å². The molecule has 0 radical (unpaired) electrons. The summed E-state index contributed by atoms with van der Waals surface area (Å²) in [7, 11) is 0. The van der Waals surface area contributed by atoms with Crippen LogP contribution in [0.4, 0.5) is 0 Å². The Kier molecular flexibility index (Phi) is 2.57. The van der Waals surface area contributed by atoms with Crippen molar-refractivity contribution >= 4 is 32.6 Å². The van der Waals surface area contributed by atoms with Crippen molar-refractivity contribution in [2.45, 2.75) is 13.8 Å². The number of benzene rings is 1. The van der Waals surface area contributed by atoms with Gasteiger partial charge in [-0.2, -0.15) is 0 Å². The van der Waals surface area contributed by atoms with Crippen LogP contribution in [0.3, 0.4) is 0 Å². The van der Waals surface area contributed by atoms with E-state index in [1.54, 1.807) is 13.1 Å². The maximum Gasteiger partial charge on any atom is 0.160 e. The van der Waals surface area contributed by atoms with E-state index in [9.17, 15) is 4.79 Å². The Bertz CT molecular complexity index is 549. The molecule has 0 aliphatic carbocycles. The highest BCUT2D eigenvalue weighted by Gasteiger charge is 2.10. The number of fused-ring (bicyclic) bond motifs is 1. The van der Waals surface area contributed by atoms with Crippen molar-refractivity contribution in [2.75, 3.05) is 0 Å². The number of pyridine rings is 1. The van der Waals surface area contributed by atoms with Gasteiger partial charge in [0.15, 0.2) is 5.78 Å². The third kappa shape index (κ3) is 1.67. The normalized spacial score (nSPS) is 10.6. The second-order valence-corrected chi connectivity index (χ2v) is 4.34. The molecule has 0 N–H and O–H groups in total. The highest BCUT2D eigenvalue weighted by atomic mass is 79.9. The van der Waals surface area contributed by atoms with Gasteiger partial charge in [0.05, 0.1) is 5.52 Å². The van der Waals surface area contributed by atoms with E-state index in [1.807, 2.05) is 25.1 Å². The van der Waals surface area contributed by atoms with Crippen molar-refractivity contribution in [3.63, 3.8) is 0 Å². The summed E-state index contributed by atoms with van der Waals surface area (Å²) in [5, 5.41) is 1.04. The Morgan fingerprint density at radius 3 is 2.87 bits per heavy atom. The summed E-state index contributed by atoms with van der Waals surface area (Å²) >= 11 is 3.46. The summed E-state index contributed by atoms with van der Waals surface area (Å²) in [6.07, 6.45) is 1.74. The number of hydrogen-bond donors (Lipinski definition) is 0. The minimum Gasteiger partial charge on any atom is -0.294 e. The number of carbonyl (C=O) groups is 1. The minimum absolute atomic E-state index is 0.0701. The smallest absolute Gasteiger partial charge is 0.160 e. The van der Waals surface area contributed by atoms with E-state index in [1.165, 1.54) is 0 Å². The molecule has 0 amide bonds. The number of halogens is 1. The summed E-state index contributed by atoms with van der Waals surface area (Å²) in [6, 6.07) is 5.74. The molecular formula is C12H10BrNO. The Hall–Kier alpha value is -1.22. The van der Waals surface area contributed by atoms with Crippen LogP contribution in [-0.2, 0) is 0 Å². The van der Waals surface area contributed by atoms with E-state index in [4.69, 9.17) is 0 Å². The summed E-state index contributed by atoms with van der Waals surface area (Å²) in [6.45, 7) is 3.50. The van der Waals surface area contributed by atoms with Gasteiger partial charge in [-0.15, -0.1) is 0 Å². The maximum atomic E-state index is 11.4. The lowest BCUT2D eigenvalue weighted by Gasteiger charge is -2.07. The van der Waals surface area contributed by atoms with E-state index in [-0.39, 0.29) is 5.78 Å². The number of Topliss-reactive ketones (excluding diaryl/α,β-unsaturated/α-hetero) is 1. The molecule has 2 nitrogen and oxygen atoms in total. The van der Waals surface area contributed by atoms with Gasteiger partial charge in [-0.1, -0.05) is 22.0 Å². The number of ketones is 1. The second-order valence-electron chi connectivity index (χ2n) is 3.49. The molecule has 0 saturated carbocycles. The predicted octanol–water partition coefficient (Wildman–Crippen LogP) is 3.51. The molecule has 2 rings (SSSR count). The number of aromatic nitrogens is 1. The zero-order valence-corrected chi connectivity index (χ0v) is 10.1. The van der Waals surface area contributed by atoms with Crippen LogP contribution in [0.1, 0.15) is 22.8 Å². The molecule has 0 spiro atoms. The molecule has 2 aromatic rings. The molecule has 76 valence electrons. The Morgan fingerprint density at radius 1 is 1.47 bits per heavy atom. The monoisotopic (exact) mass is 263 g/mol. The first kappa shape index (κ1) is 10.3. The SMILES string of the molecule is CC(=O)c1cc(Br)c2cccnc2c1C. The standard InChI is InChI=1S/C12H10BrNO/c1-7-10(8(2)15)6-11(13)9-4-3-5-14-12(7)9/h3-6H,1-2H3. The van der Waals surface area contributed by atoms with Crippen LogP contribution in [0, 0.1) is 6.92 Å². The number of carbonyl (C=O) groups excluding carboxylic acids is 1. The van der Waals surface area contributed by atoms with Crippen molar-refractivity contribution in [1.29, 1.82) is 0 Å². The lowest BCUT2D eigenvalue weighted by atomic mass is 10.0. The first-order chi connectivity index (χ1) is 7.11. The van der Waals surface area contributed by atoms with Crippen molar-refractivity contribution in [2.24, 2.45) is 0 Å². The molecule has 0 saturated heterocycles. The van der Waals surface area contributed by atoms with Crippen molar-refractivity contribution in [3.8, 4) is 0 Å². The van der Waals surface area contributed by atoms with E-state index in [2.05, 4.69) is 20.9 Å². The van der Waals surface area contributed by atoms with Crippen LogP contribution in [0.15, 0.2) is 28.9 Å². The Morgan fingerprint density at radius 2 is 2.20 bits per heavy atom. The summed E-state index contributed by atoms with van der Waals surface area (Å²) in [4.78, 5) is 15.7. The molecule has 0 bridgehead atoms. The van der Waals surface area contributed by atoms with Crippen LogP contribution in [0.5, 0.6) is 0 Å². The number of nitrogens with zero attached hydrogens (tertiary/aromatic N) is 1. The number of rotatable bonds is 1. The van der Waals surface area contributed by atoms with Gasteiger partial charge in [0, 0.05) is 21.6 Å². The van der Waals surface area contributed by atoms with Crippen LogP contribution in [-0.4, -0.2) is 10.8 Å². The molecule has 15 heavy (non-hydrogen) atoms. The van der Waals surface area contributed by atoms with E-state index in [0.29, 0.717) is 0 Å². The van der Waals surface area contributed by atoms with Gasteiger partial charge in [0.2, 0.25) is 0 Å². The van der Waals surface area contributed by atoms with Gasteiger partial charge in [-0.3, -0.25) is 9.78 Å². The number of hydrogen-bond acceptors (Lipinski definition) is 2. The van der Waals surface area contributed by atoms with E-state index in [0.717, 1.165) is 26.5 Å². The second kappa shape index (κ2) is 3.74. The molecule has 1 aromatic carbocycles. The summed E-state index contributed by atoms with van der Waals surface area (Å²) in [5.74, 6) is 0.0701. The molecule has 1 heterocycles. The molecular weight excluding hydrogens is 254 g/mol. The fraction of sp³-hybridized carbons (Fsp3) is 0.167. The van der Waals surface area contributed by atoms with Gasteiger partial charge < -0.3 is 0 Å². The number of aryl methyl sites for hydroxylation is 1. The topological polar surface area (TPSA) is 30.0 Å².